The third-order valence-electron chi connectivity index (χ3n) is 4.06. The topological polar surface area (TPSA) is 104 Å². The fraction of sp³-hybridized carbons (Fsp3) is 0.222. The summed E-state index contributed by atoms with van der Waals surface area (Å²) in [6.45, 7) is 1.68. The van der Waals surface area contributed by atoms with Crippen LogP contribution < -0.4 is 9.62 Å². The van der Waals surface area contributed by atoms with E-state index in [1.807, 2.05) is 0 Å². The lowest BCUT2D eigenvalue weighted by atomic mass is 10.0. The molecule has 0 aliphatic carbocycles. The number of carbonyl (C=O) groups excluding carboxylic acids is 1. The van der Waals surface area contributed by atoms with Crippen LogP contribution in [0.4, 0.5) is 10.1 Å². The highest BCUT2D eigenvalue weighted by atomic mass is 32.2. The third kappa shape index (κ3) is 4.82. The van der Waals surface area contributed by atoms with Crippen LogP contribution in [0.3, 0.4) is 0 Å². The molecule has 7 nitrogen and oxygen atoms in total. The zero-order chi connectivity index (χ0) is 20.4. The molecule has 0 radical (unpaired) electrons. The number of halogens is 1. The Bertz CT molecular complexity index is 974. The van der Waals surface area contributed by atoms with Crippen molar-refractivity contribution in [3.63, 3.8) is 0 Å². The highest BCUT2D eigenvalue weighted by Gasteiger charge is 2.21. The van der Waals surface area contributed by atoms with Crippen LogP contribution in [0, 0.1) is 5.82 Å². The van der Waals surface area contributed by atoms with E-state index in [4.69, 9.17) is 0 Å². The average molecular weight is 394 g/mol. The quantitative estimate of drug-likeness (QED) is 0.783. The first kappa shape index (κ1) is 20.4. The zero-order valence-corrected chi connectivity index (χ0v) is 15.7. The van der Waals surface area contributed by atoms with Gasteiger partial charge in [-0.05, 0) is 42.8 Å². The summed E-state index contributed by atoms with van der Waals surface area (Å²) in [5.41, 5.74) is 0.335. The minimum absolute atomic E-state index is 0.109. The number of hydrogen-bond donors (Lipinski definition) is 2. The number of nitrogens with one attached hydrogen (secondary N) is 1. The van der Waals surface area contributed by atoms with Gasteiger partial charge >= 0.3 is 5.97 Å². The van der Waals surface area contributed by atoms with Crippen molar-refractivity contribution >= 4 is 27.6 Å². The summed E-state index contributed by atoms with van der Waals surface area (Å²) < 4.78 is 37.2. The number of carboxylic acid groups (broad SMARTS) is 1. The van der Waals surface area contributed by atoms with Gasteiger partial charge in [0.1, 0.15) is 5.82 Å². The number of anilines is 1. The van der Waals surface area contributed by atoms with Crippen molar-refractivity contribution < 1.29 is 27.5 Å². The zero-order valence-electron chi connectivity index (χ0n) is 14.9. The number of benzene rings is 2. The number of rotatable bonds is 6. The number of carbonyl (C=O) groups is 2. The molecule has 144 valence electrons. The summed E-state index contributed by atoms with van der Waals surface area (Å²) in [6.07, 6.45) is 0.985. The second-order valence-electron chi connectivity index (χ2n) is 6.01. The molecule has 0 bridgehead atoms. The Kier molecular flexibility index (Phi) is 5.85. The lowest BCUT2D eigenvalue weighted by Gasteiger charge is -2.19. The smallest absolute Gasteiger partial charge is 0.336 e. The van der Waals surface area contributed by atoms with E-state index in [0.29, 0.717) is 5.56 Å². The molecular weight excluding hydrogens is 375 g/mol. The summed E-state index contributed by atoms with van der Waals surface area (Å²) in [6, 6.07) is 8.80. The Morgan fingerprint density at radius 1 is 1.11 bits per heavy atom. The van der Waals surface area contributed by atoms with Crippen molar-refractivity contribution in [1.82, 2.24) is 5.32 Å². The molecule has 0 spiro atoms. The fourth-order valence-electron chi connectivity index (χ4n) is 2.40. The lowest BCUT2D eigenvalue weighted by Crippen LogP contribution is -2.29. The number of aromatic carboxylic acids is 1. The maximum Gasteiger partial charge on any atom is 0.336 e. The number of amides is 1. The molecule has 9 heteroatoms. The van der Waals surface area contributed by atoms with Gasteiger partial charge in [-0.2, -0.15) is 0 Å². The lowest BCUT2D eigenvalue weighted by molar-refractivity contribution is 0.0690. The van der Waals surface area contributed by atoms with Gasteiger partial charge in [0.25, 0.3) is 5.91 Å². The van der Waals surface area contributed by atoms with E-state index in [-0.39, 0.29) is 16.8 Å². The standard InChI is InChI=1S/C18H19FN2O5S/c1-11(12-4-6-13(19)7-5-12)20-17(22)15-9-8-14(10-16(15)18(23)24)21(2)27(3,25)26/h4-11H,1-3H3,(H,20,22)(H,23,24)/t11-/m1/s1. The summed E-state index contributed by atoms with van der Waals surface area (Å²) in [7, 11) is -2.30. The molecule has 2 N–H and O–H groups in total. The first-order valence-corrected chi connectivity index (χ1v) is 9.73. The summed E-state index contributed by atoms with van der Waals surface area (Å²) >= 11 is 0. The van der Waals surface area contributed by atoms with E-state index in [0.717, 1.165) is 16.6 Å². The first-order valence-electron chi connectivity index (χ1n) is 7.88. The van der Waals surface area contributed by atoms with Gasteiger partial charge in [-0.3, -0.25) is 9.10 Å². The summed E-state index contributed by atoms with van der Waals surface area (Å²) in [5.74, 6) is -2.41. The van der Waals surface area contributed by atoms with Crippen LogP contribution in [0.15, 0.2) is 42.5 Å². The summed E-state index contributed by atoms with van der Waals surface area (Å²) in [4.78, 5) is 24.1. The minimum atomic E-state index is -3.58. The third-order valence-corrected chi connectivity index (χ3v) is 5.26. The van der Waals surface area contributed by atoms with Gasteiger partial charge in [0.05, 0.1) is 29.1 Å². The Morgan fingerprint density at radius 2 is 1.70 bits per heavy atom. The van der Waals surface area contributed by atoms with Crippen molar-refractivity contribution in [1.29, 1.82) is 0 Å². The Hall–Kier alpha value is -2.94. The molecule has 0 fully saturated rings. The molecule has 0 aromatic heterocycles. The van der Waals surface area contributed by atoms with Crippen LogP contribution in [0.1, 0.15) is 39.2 Å². The maximum atomic E-state index is 13.0. The Labute approximate surface area is 156 Å². The largest absolute Gasteiger partial charge is 0.478 e. The van der Waals surface area contributed by atoms with Crippen LogP contribution in [0.2, 0.25) is 0 Å². The fourth-order valence-corrected chi connectivity index (χ4v) is 2.90. The second kappa shape index (κ2) is 7.75. The molecular formula is C18H19FN2O5S. The van der Waals surface area contributed by atoms with Crippen molar-refractivity contribution in [3.8, 4) is 0 Å². The molecule has 2 aromatic rings. The SMILES string of the molecule is C[C@@H](NC(=O)c1ccc(N(C)S(C)(=O)=O)cc1C(=O)O)c1ccc(F)cc1. The molecule has 0 saturated heterocycles. The molecule has 27 heavy (non-hydrogen) atoms. The van der Waals surface area contributed by atoms with Crippen LogP contribution in [-0.4, -0.2) is 38.7 Å². The van der Waals surface area contributed by atoms with Gasteiger partial charge in [0.15, 0.2) is 0 Å². The normalized spacial score (nSPS) is 12.3. The molecule has 0 unspecified atom stereocenters. The first-order chi connectivity index (χ1) is 12.5. The summed E-state index contributed by atoms with van der Waals surface area (Å²) in [5, 5.41) is 12.1. The molecule has 1 atom stereocenters. The van der Waals surface area contributed by atoms with Gasteiger partial charge in [-0.15, -0.1) is 0 Å². The van der Waals surface area contributed by atoms with E-state index in [1.54, 1.807) is 6.92 Å². The van der Waals surface area contributed by atoms with Crippen LogP contribution in [0.5, 0.6) is 0 Å². The van der Waals surface area contributed by atoms with E-state index < -0.39 is 33.8 Å². The highest BCUT2D eigenvalue weighted by molar-refractivity contribution is 7.92. The molecule has 0 aliphatic rings. The molecule has 0 heterocycles. The van der Waals surface area contributed by atoms with E-state index in [9.17, 15) is 27.5 Å². The number of sulfonamides is 1. The predicted octanol–water partition coefficient (Wildman–Crippen LogP) is 2.41. The van der Waals surface area contributed by atoms with E-state index in [2.05, 4.69) is 5.32 Å². The Morgan fingerprint density at radius 3 is 2.22 bits per heavy atom. The van der Waals surface area contributed by atoms with Crippen molar-refractivity contribution in [2.75, 3.05) is 17.6 Å². The van der Waals surface area contributed by atoms with Crippen LogP contribution in [-0.2, 0) is 10.0 Å². The van der Waals surface area contributed by atoms with Gasteiger partial charge < -0.3 is 10.4 Å². The van der Waals surface area contributed by atoms with Gasteiger partial charge in [0.2, 0.25) is 10.0 Å². The number of hydrogen-bond acceptors (Lipinski definition) is 4. The van der Waals surface area contributed by atoms with Crippen LogP contribution >= 0.6 is 0 Å². The Balaban J connectivity index is 2.32. The molecule has 2 aromatic carbocycles. The monoisotopic (exact) mass is 394 g/mol. The number of nitrogens with zero attached hydrogens (tertiary/aromatic N) is 1. The van der Waals surface area contributed by atoms with Crippen molar-refractivity contribution in [2.24, 2.45) is 0 Å². The average Bonchev–Trinajstić information content (AvgIpc) is 2.60. The molecule has 1 amide bonds. The molecule has 0 saturated carbocycles. The molecule has 2 rings (SSSR count). The molecule has 0 aliphatic heterocycles. The van der Waals surface area contributed by atoms with Gasteiger partial charge in [-0.1, -0.05) is 12.1 Å². The van der Waals surface area contributed by atoms with E-state index in [1.165, 1.54) is 43.4 Å². The van der Waals surface area contributed by atoms with Gasteiger partial charge in [0, 0.05) is 7.05 Å². The van der Waals surface area contributed by atoms with Gasteiger partial charge in [-0.25, -0.2) is 17.6 Å². The second-order valence-corrected chi connectivity index (χ2v) is 8.03. The predicted molar refractivity (Wildman–Crippen MR) is 98.9 cm³/mol. The van der Waals surface area contributed by atoms with Crippen molar-refractivity contribution in [3.05, 3.63) is 65.0 Å². The highest BCUT2D eigenvalue weighted by Crippen LogP contribution is 2.22. The van der Waals surface area contributed by atoms with E-state index >= 15 is 0 Å². The van der Waals surface area contributed by atoms with Crippen molar-refractivity contribution in [2.45, 2.75) is 13.0 Å². The van der Waals surface area contributed by atoms with Crippen LogP contribution in [0.25, 0.3) is 0 Å². The number of carboxylic acids is 1. The minimum Gasteiger partial charge on any atom is -0.478 e. The maximum absolute atomic E-state index is 13.0.